The molecule has 5 aliphatic rings. The van der Waals surface area contributed by atoms with E-state index in [1.807, 2.05) is 43.3 Å². The molecule has 1 saturated heterocycles. The average Bonchev–Trinajstić information content (AvgIpc) is 3.58. The molecule has 0 spiro atoms. The second kappa shape index (κ2) is 20.0. The molecule has 14 atom stereocenters. The lowest BCUT2D eigenvalue weighted by Crippen LogP contribution is -2.60. The maximum atomic E-state index is 12.4. The maximum Gasteiger partial charge on any atom is 0.333 e. The van der Waals surface area contributed by atoms with Gasteiger partial charge in [-0.25, -0.2) is 4.79 Å². The summed E-state index contributed by atoms with van der Waals surface area (Å²) in [4.78, 5) is 12.4. The second-order valence-electron chi connectivity index (χ2n) is 20.1. The molecule has 1 heterocycles. The van der Waals surface area contributed by atoms with Crippen LogP contribution in [0.25, 0.3) is 0 Å². The molecule has 0 bridgehead atoms. The summed E-state index contributed by atoms with van der Waals surface area (Å²) in [6.45, 7) is 17.6. The fourth-order valence-corrected chi connectivity index (χ4v) is 13.1. The number of rotatable bonds is 17. The van der Waals surface area contributed by atoms with Crippen LogP contribution in [-0.4, -0.2) is 49.4 Å². The summed E-state index contributed by atoms with van der Waals surface area (Å²) in [6, 6.07) is 20.4. The number of benzene rings is 2. The molecule has 59 heavy (non-hydrogen) atoms. The molecule has 326 valence electrons. The molecule has 4 aliphatic carbocycles. The van der Waals surface area contributed by atoms with Crippen molar-refractivity contribution >= 4 is 5.97 Å². The summed E-state index contributed by atoms with van der Waals surface area (Å²) in [5.41, 5.74) is 2.99. The standard InChI is InChI=1S/C52H76O7/c1-8-54-46(53)28-31-55-49-48(57-34-39-20-13-10-14-21-39)47(56-33-38-18-11-9-12-19-38)37(5)58-50(49)59-41-26-29-51(6)40(32-41)22-23-42-44-25-24-43(36(4)17-15-16-35(2)3)52(44,7)30-27-45(42)51/h9-14,18-21,28,31,35-37,40-45,47-50H,8,15-17,22-27,29-30,32-34H2,1-7H3/b31-28+/t36-,37+,40?,41+,42+,43-,44+,45+,47+,48-,49-,50+,51+,52-/m1/s1. The highest BCUT2D eigenvalue weighted by atomic mass is 16.7. The van der Waals surface area contributed by atoms with Crippen LogP contribution in [0.3, 0.4) is 0 Å². The van der Waals surface area contributed by atoms with Crippen molar-refractivity contribution in [3.63, 3.8) is 0 Å². The number of esters is 1. The smallest absolute Gasteiger partial charge is 0.333 e. The predicted molar refractivity (Wildman–Crippen MR) is 233 cm³/mol. The van der Waals surface area contributed by atoms with E-state index in [1.54, 1.807) is 6.92 Å². The first-order valence-corrected chi connectivity index (χ1v) is 23.6. The van der Waals surface area contributed by atoms with Crippen LogP contribution in [0, 0.1) is 52.3 Å². The first-order valence-electron chi connectivity index (χ1n) is 23.6. The minimum Gasteiger partial charge on any atom is -0.490 e. The van der Waals surface area contributed by atoms with Gasteiger partial charge in [-0.1, -0.05) is 115 Å². The summed E-state index contributed by atoms with van der Waals surface area (Å²) in [7, 11) is 0. The van der Waals surface area contributed by atoms with E-state index in [1.165, 1.54) is 76.5 Å². The lowest BCUT2D eigenvalue weighted by atomic mass is 9.44. The van der Waals surface area contributed by atoms with Crippen molar-refractivity contribution in [2.75, 3.05) is 6.61 Å². The predicted octanol–water partition coefficient (Wildman–Crippen LogP) is 11.9. The first-order chi connectivity index (χ1) is 28.5. The topological polar surface area (TPSA) is 72.5 Å². The zero-order valence-corrected chi connectivity index (χ0v) is 37.4. The number of fused-ring (bicyclic) bond motifs is 5. The van der Waals surface area contributed by atoms with E-state index in [-0.39, 0.29) is 12.2 Å². The Morgan fingerprint density at radius 1 is 0.797 bits per heavy atom. The van der Waals surface area contributed by atoms with Crippen molar-refractivity contribution in [1.29, 1.82) is 0 Å². The largest absolute Gasteiger partial charge is 0.490 e. The van der Waals surface area contributed by atoms with Crippen molar-refractivity contribution in [3.05, 3.63) is 84.1 Å². The van der Waals surface area contributed by atoms with E-state index in [2.05, 4.69) is 58.9 Å². The van der Waals surface area contributed by atoms with Crippen LogP contribution in [0.5, 0.6) is 0 Å². The van der Waals surface area contributed by atoms with Crippen LogP contribution < -0.4 is 0 Å². The van der Waals surface area contributed by atoms with Gasteiger partial charge in [0.1, 0.15) is 12.2 Å². The highest BCUT2D eigenvalue weighted by Crippen LogP contribution is 2.68. The van der Waals surface area contributed by atoms with E-state index >= 15 is 0 Å². The average molecular weight is 813 g/mol. The summed E-state index contributed by atoms with van der Waals surface area (Å²) >= 11 is 0. The third-order valence-electron chi connectivity index (χ3n) is 16.2. The summed E-state index contributed by atoms with van der Waals surface area (Å²) < 4.78 is 38.9. The molecular weight excluding hydrogens is 737 g/mol. The van der Waals surface area contributed by atoms with Gasteiger partial charge in [0.2, 0.25) is 0 Å². The molecular formula is C52H76O7. The molecule has 1 unspecified atom stereocenters. The summed E-state index contributed by atoms with van der Waals surface area (Å²) in [5, 5.41) is 0. The highest BCUT2D eigenvalue weighted by molar-refractivity contribution is 5.81. The minimum absolute atomic E-state index is 0.0509. The SMILES string of the molecule is CCOC(=O)/C=C/O[C@H]1[C@H](O[C@H]2CC[C@@]3(C)C(CC[C@H]4[C@@H]5CC[C@H]([C@H](C)CCCC(C)C)[C@@]5(C)CC[C@@H]43)C2)O[C@@H](C)[C@H](OCc2ccccc2)[C@H]1OCc1ccccc1. The van der Waals surface area contributed by atoms with Gasteiger partial charge >= 0.3 is 5.97 Å². The fraction of sp³-hybridized carbons (Fsp3) is 0.712. The first kappa shape index (κ1) is 44.3. The van der Waals surface area contributed by atoms with Gasteiger partial charge in [0.15, 0.2) is 12.4 Å². The summed E-state index contributed by atoms with van der Waals surface area (Å²) in [5.74, 6) is 5.27. The molecule has 5 fully saturated rings. The molecule has 2 aromatic rings. The van der Waals surface area contributed by atoms with Gasteiger partial charge in [-0.2, -0.15) is 0 Å². The molecule has 1 aliphatic heterocycles. The van der Waals surface area contributed by atoms with Gasteiger partial charge < -0.3 is 28.4 Å². The molecule has 0 aromatic heterocycles. The van der Waals surface area contributed by atoms with Crippen LogP contribution in [0.15, 0.2) is 73.0 Å². The Balaban J connectivity index is 1.05. The number of hydrogen-bond donors (Lipinski definition) is 0. The molecule has 2 aromatic carbocycles. The third kappa shape index (κ3) is 10.2. The zero-order valence-electron chi connectivity index (χ0n) is 37.4. The van der Waals surface area contributed by atoms with Crippen LogP contribution in [0.4, 0.5) is 0 Å². The Kier molecular flexibility index (Phi) is 15.0. The molecule has 7 rings (SSSR count). The van der Waals surface area contributed by atoms with Crippen LogP contribution in [-0.2, 0) is 46.4 Å². The number of hydrogen-bond acceptors (Lipinski definition) is 7. The highest BCUT2D eigenvalue weighted by Gasteiger charge is 2.61. The Morgan fingerprint density at radius 2 is 1.46 bits per heavy atom. The van der Waals surface area contributed by atoms with Crippen molar-refractivity contribution in [1.82, 2.24) is 0 Å². The van der Waals surface area contributed by atoms with Gasteiger partial charge in [0, 0.05) is 0 Å². The van der Waals surface area contributed by atoms with E-state index in [0.717, 1.165) is 59.5 Å². The molecule has 0 radical (unpaired) electrons. The van der Waals surface area contributed by atoms with E-state index in [0.29, 0.717) is 36.6 Å². The van der Waals surface area contributed by atoms with Gasteiger partial charge in [-0.3, -0.25) is 0 Å². The molecule has 4 saturated carbocycles. The lowest BCUT2D eigenvalue weighted by molar-refractivity contribution is -0.323. The molecule has 0 N–H and O–H groups in total. The van der Waals surface area contributed by atoms with Crippen molar-refractivity contribution in [2.45, 2.75) is 176 Å². The Hall–Kier alpha value is -2.71. The van der Waals surface area contributed by atoms with Crippen LogP contribution in [0.1, 0.15) is 137 Å². The number of carbonyl (C=O) groups is 1. The van der Waals surface area contributed by atoms with E-state index < -0.39 is 30.6 Å². The lowest BCUT2D eigenvalue weighted by Gasteiger charge is -2.61. The van der Waals surface area contributed by atoms with Crippen molar-refractivity contribution in [3.8, 4) is 0 Å². The molecule has 0 amide bonds. The number of ether oxygens (including phenoxy) is 6. The van der Waals surface area contributed by atoms with Gasteiger partial charge in [0.05, 0.1) is 44.4 Å². The number of carbonyl (C=O) groups excluding carboxylic acids is 1. The van der Waals surface area contributed by atoms with Gasteiger partial charge in [0.25, 0.3) is 0 Å². The Labute approximate surface area is 356 Å². The second-order valence-corrected chi connectivity index (χ2v) is 20.1. The maximum absolute atomic E-state index is 12.4. The van der Waals surface area contributed by atoms with Crippen molar-refractivity contribution in [2.24, 2.45) is 52.3 Å². The van der Waals surface area contributed by atoms with E-state index in [4.69, 9.17) is 28.4 Å². The fourth-order valence-electron chi connectivity index (χ4n) is 13.1. The summed E-state index contributed by atoms with van der Waals surface area (Å²) in [6.07, 6.45) is 15.8. The molecule has 7 heteroatoms. The Morgan fingerprint density at radius 3 is 2.14 bits per heavy atom. The monoisotopic (exact) mass is 813 g/mol. The van der Waals surface area contributed by atoms with Gasteiger partial charge in [-0.15, -0.1) is 0 Å². The zero-order chi connectivity index (χ0) is 41.6. The van der Waals surface area contributed by atoms with Crippen LogP contribution in [0.2, 0.25) is 0 Å². The van der Waals surface area contributed by atoms with Crippen LogP contribution >= 0.6 is 0 Å². The van der Waals surface area contributed by atoms with Crippen molar-refractivity contribution < 1.29 is 33.2 Å². The molecule has 7 nitrogen and oxygen atoms in total. The Bertz CT molecular complexity index is 1630. The van der Waals surface area contributed by atoms with E-state index in [9.17, 15) is 4.79 Å². The minimum atomic E-state index is -0.701. The quantitative estimate of drug-likeness (QED) is 0.0682. The normalized spacial score (nSPS) is 37.4. The third-order valence-corrected chi connectivity index (χ3v) is 16.2. The van der Waals surface area contributed by atoms with Gasteiger partial charge in [-0.05, 0) is 135 Å².